The van der Waals surface area contributed by atoms with Gasteiger partial charge in [-0.25, -0.2) is 4.98 Å². The van der Waals surface area contributed by atoms with Crippen molar-refractivity contribution in [3.8, 4) is 0 Å². The standard InChI is InChI=1S/C11H16N2S2/c1-11(2,3)8-7(9(12)14)15-10(13-8)6-4-5-6/h6H,4-5H2,1-3H3,(H2,12,14). The first-order chi connectivity index (χ1) is 6.89. The number of nitrogens with zero attached hydrogens (tertiary/aromatic N) is 1. The van der Waals surface area contributed by atoms with Gasteiger partial charge < -0.3 is 5.73 Å². The lowest BCUT2D eigenvalue weighted by molar-refractivity contribution is 0.570. The normalized spacial score (nSPS) is 16.7. The molecule has 2 rings (SSSR count). The van der Waals surface area contributed by atoms with Gasteiger partial charge in [-0.15, -0.1) is 11.3 Å². The van der Waals surface area contributed by atoms with Crippen molar-refractivity contribution in [1.82, 2.24) is 4.98 Å². The first-order valence-electron chi connectivity index (χ1n) is 5.20. The molecule has 1 saturated carbocycles. The van der Waals surface area contributed by atoms with E-state index in [2.05, 4.69) is 20.8 Å². The number of hydrogen-bond acceptors (Lipinski definition) is 3. The molecule has 0 amide bonds. The molecule has 15 heavy (non-hydrogen) atoms. The fourth-order valence-corrected chi connectivity index (χ4v) is 3.04. The predicted octanol–water partition coefficient (Wildman–Crippen LogP) is 2.95. The number of rotatable bonds is 2. The zero-order chi connectivity index (χ0) is 11.2. The van der Waals surface area contributed by atoms with Gasteiger partial charge in [-0.2, -0.15) is 0 Å². The molecule has 82 valence electrons. The smallest absolute Gasteiger partial charge is 0.116 e. The molecule has 1 aliphatic carbocycles. The lowest BCUT2D eigenvalue weighted by Crippen LogP contribution is -2.19. The Morgan fingerprint density at radius 3 is 2.40 bits per heavy atom. The van der Waals surface area contributed by atoms with Crippen LogP contribution < -0.4 is 5.73 Å². The fourth-order valence-electron chi connectivity index (χ4n) is 1.52. The maximum atomic E-state index is 5.75. The summed E-state index contributed by atoms with van der Waals surface area (Å²) in [7, 11) is 0. The van der Waals surface area contributed by atoms with Gasteiger partial charge in [0, 0.05) is 11.3 Å². The third kappa shape index (κ3) is 2.21. The van der Waals surface area contributed by atoms with Crippen molar-refractivity contribution in [1.29, 1.82) is 0 Å². The molecule has 0 unspecified atom stereocenters. The molecule has 1 aromatic heterocycles. The average Bonchev–Trinajstić information content (AvgIpc) is 2.81. The monoisotopic (exact) mass is 240 g/mol. The van der Waals surface area contributed by atoms with Crippen LogP contribution in [0.25, 0.3) is 0 Å². The minimum absolute atomic E-state index is 0.0302. The molecule has 0 aromatic carbocycles. The summed E-state index contributed by atoms with van der Waals surface area (Å²) in [5, 5.41) is 1.22. The molecule has 0 radical (unpaired) electrons. The van der Waals surface area contributed by atoms with E-state index < -0.39 is 0 Å². The van der Waals surface area contributed by atoms with Crippen LogP contribution >= 0.6 is 23.6 Å². The molecule has 1 heterocycles. The summed E-state index contributed by atoms with van der Waals surface area (Å²) in [5.41, 5.74) is 6.85. The minimum atomic E-state index is 0.0302. The summed E-state index contributed by atoms with van der Waals surface area (Å²) in [6.45, 7) is 6.46. The highest BCUT2D eigenvalue weighted by Crippen LogP contribution is 2.44. The molecule has 2 nitrogen and oxygen atoms in total. The van der Waals surface area contributed by atoms with Crippen LogP contribution in [-0.4, -0.2) is 9.97 Å². The number of aromatic nitrogens is 1. The third-order valence-electron chi connectivity index (χ3n) is 2.50. The van der Waals surface area contributed by atoms with Crippen LogP contribution in [0.4, 0.5) is 0 Å². The van der Waals surface area contributed by atoms with Crippen molar-refractivity contribution >= 4 is 28.5 Å². The van der Waals surface area contributed by atoms with E-state index in [0.29, 0.717) is 10.9 Å². The maximum Gasteiger partial charge on any atom is 0.116 e. The van der Waals surface area contributed by atoms with Crippen molar-refractivity contribution in [3.05, 3.63) is 15.6 Å². The Morgan fingerprint density at radius 1 is 1.47 bits per heavy atom. The summed E-state index contributed by atoms with van der Waals surface area (Å²) < 4.78 is 0. The Labute approximate surface area is 99.9 Å². The van der Waals surface area contributed by atoms with E-state index in [4.69, 9.17) is 22.9 Å². The molecule has 0 spiro atoms. The fraction of sp³-hybridized carbons (Fsp3) is 0.636. The SMILES string of the molecule is CC(C)(C)c1nc(C2CC2)sc1C(N)=S. The van der Waals surface area contributed by atoms with Crippen molar-refractivity contribution in [3.63, 3.8) is 0 Å². The first kappa shape index (κ1) is 11.0. The van der Waals surface area contributed by atoms with Gasteiger partial charge in [-0.1, -0.05) is 33.0 Å². The summed E-state index contributed by atoms with van der Waals surface area (Å²) >= 11 is 6.77. The second kappa shape index (κ2) is 3.52. The molecule has 1 aromatic rings. The van der Waals surface area contributed by atoms with Crippen LogP contribution in [0.1, 0.15) is 55.1 Å². The van der Waals surface area contributed by atoms with Crippen LogP contribution in [0.15, 0.2) is 0 Å². The molecule has 2 N–H and O–H groups in total. The molecule has 0 aliphatic heterocycles. The van der Waals surface area contributed by atoms with Gasteiger partial charge in [0.2, 0.25) is 0 Å². The summed E-state index contributed by atoms with van der Waals surface area (Å²) in [4.78, 5) is 6.22. The number of nitrogens with two attached hydrogens (primary N) is 1. The largest absolute Gasteiger partial charge is 0.389 e. The van der Waals surface area contributed by atoms with Crippen LogP contribution in [0, 0.1) is 0 Å². The molecule has 4 heteroatoms. The summed E-state index contributed by atoms with van der Waals surface area (Å²) in [6.07, 6.45) is 2.54. The second-order valence-corrected chi connectivity index (χ2v) is 6.59. The van der Waals surface area contributed by atoms with Crippen LogP contribution in [-0.2, 0) is 5.41 Å². The quantitative estimate of drug-likeness (QED) is 0.808. The van der Waals surface area contributed by atoms with Crippen molar-refractivity contribution in [2.24, 2.45) is 5.73 Å². The molecule has 0 saturated heterocycles. The Bertz CT molecular complexity index is 397. The molecule has 1 fully saturated rings. The van der Waals surface area contributed by atoms with Crippen molar-refractivity contribution < 1.29 is 0 Å². The molecular weight excluding hydrogens is 224 g/mol. The summed E-state index contributed by atoms with van der Waals surface area (Å²) in [5.74, 6) is 0.680. The van der Waals surface area contributed by atoms with Crippen LogP contribution in [0.5, 0.6) is 0 Å². The number of thiazole rings is 1. The van der Waals surface area contributed by atoms with Crippen LogP contribution in [0.3, 0.4) is 0 Å². The van der Waals surface area contributed by atoms with Gasteiger partial charge in [0.05, 0.1) is 15.6 Å². The van der Waals surface area contributed by atoms with Gasteiger partial charge >= 0.3 is 0 Å². The highest BCUT2D eigenvalue weighted by molar-refractivity contribution is 7.81. The zero-order valence-corrected chi connectivity index (χ0v) is 11.0. The van der Waals surface area contributed by atoms with E-state index in [1.165, 1.54) is 17.8 Å². The third-order valence-corrected chi connectivity index (χ3v) is 4.09. The number of hydrogen-bond donors (Lipinski definition) is 1. The van der Waals surface area contributed by atoms with E-state index in [1.807, 2.05) is 0 Å². The highest BCUT2D eigenvalue weighted by Gasteiger charge is 2.31. The molecule has 1 aliphatic rings. The molecule has 0 atom stereocenters. The highest BCUT2D eigenvalue weighted by atomic mass is 32.1. The van der Waals surface area contributed by atoms with Gasteiger partial charge in [0.1, 0.15) is 4.99 Å². The van der Waals surface area contributed by atoms with Crippen LogP contribution in [0.2, 0.25) is 0 Å². The van der Waals surface area contributed by atoms with E-state index in [-0.39, 0.29) is 5.41 Å². The van der Waals surface area contributed by atoms with Crippen molar-refractivity contribution in [2.45, 2.75) is 44.9 Å². The van der Waals surface area contributed by atoms with Gasteiger partial charge in [0.15, 0.2) is 0 Å². The molecular formula is C11H16N2S2. The Balaban J connectivity index is 2.46. The van der Waals surface area contributed by atoms with Crippen molar-refractivity contribution in [2.75, 3.05) is 0 Å². The predicted molar refractivity (Wildman–Crippen MR) is 68.7 cm³/mol. The van der Waals surface area contributed by atoms with E-state index >= 15 is 0 Å². The van der Waals surface area contributed by atoms with E-state index in [1.54, 1.807) is 11.3 Å². The lowest BCUT2D eigenvalue weighted by atomic mass is 9.91. The maximum absolute atomic E-state index is 5.75. The Kier molecular flexibility index (Phi) is 2.59. The van der Waals surface area contributed by atoms with E-state index in [9.17, 15) is 0 Å². The Hall–Kier alpha value is -0.480. The van der Waals surface area contributed by atoms with Gasteiger partial charge in [-0.05, 0) is 12.8 Å². The van der Waals surface area contributed by atoms with Gasteiger partial charge in [0.25, 0.3) is 0 Å². The number of thiocarbonyl (C=S) groups is 1. The minimum Gasteiger partial charge on any atom is -0.389 e. The zero-order valence-electron chi connectivity index (χ0n) is 9.33. The second-order valence-electron chi connectivity index (χ2n) is 5.12. The summed E-state index contributed by atoms with van der Waals surface area (Å²) in [6, 6.07) is 0. The van der Waals surface area contributed by atoms with Gasteiger partial charge in [-0.3, -0.25) is 0 Å². The first-order valence-corrected chi connectivity index (χ1v) is 6.43. The Morgan fingerprint density at radius 2 is 2.07 bits per heavy atom. The lowest BCUT2D eigenvalue weighted by Gasteiger charge is -2.16. The molecule has 0 bridgehead atoms. The average molecular weight is 240 g/mol. The van der Waals surface area contributed by atoms with E-state index in [0.717, 1.165) is 10.6 Å². The topological polar surface area (TPSA) is 38.9 Å².